The molecule has 0 saturated heterocycles. The van der Waals surface area contributed by atoms with Gasteiger partial charge in [-0.15, -0.1) is 0 Å². The average molecular weight is 851 g/mol. The van der Waals surface area contributed by atoms with Crippen LogP contribution in [0.4, 0.5) is 0 Å². The molecule has 0 radical (unpaired) electrons. The summed E-state index contributed by atoms with van der Waals surface area (Å²) in [5.41, 5.74) is 0. The molecule has 0 aromatic heterocycles. The minimum absolute atomic E-state index is 0.0235. The summed E-state index contributed by atoms with van der Waals surface area (Å²) < 4.78 is 34.3. The lowest BCUT2D eigenvalue weighted by Gasteiger charge is -2.24. The molecule has 1 N–H and O–H groups in total. The van der Waals surface area contributed by atoms with Crippen LogP contribution in [0.3, 0.4) is 0 Å². The van der Waals surface area contributed by atoms with E-state index in [9.17, 15) is 19.0 Å². The molecule has 0 heterocycles. The summed E-state index contributed by atoms with van der Waals surface area (Å²) in [5.74, 6) is -0.834. The van der Waals surface area contributed by atoms with Crippen LogP contribution in [0.25, 0.3) is 0 Å². The van der Waals surface area contributed by atoms with Crippen LogP contribution >= 0.6 is 7.82 Å². The molecular weight excluding hydrogens is 762 g/mol. The third-order valence-corrected chi connectivity index (χ3v) is 10.8. The lowest BCUT2D eigenvalue weighted by atomic mass is 10.0. The predicted molar refractivity (Wildman–Crippen MR) is 247 cm³/mol. The van der Waals surface area contributed by atoms with E-state index in [1.165, 1.54) is 83.5 Å². The Morgan fingerprint density at radius 2 is 0.966 bits per heavy atom. The number of nitrogens with zero attached hydrogens (tertiary/aromatic N) is 1. The number of rotatable bonds is 42. The molecule has 0 aromatic rings. The lowest BCUT2D eigenvalue weighted by Crippen LogP contribution is -2.37. The molecule has 0 saturated carbocycles. The van der Waals surface area contributed by atoms with Crippen LogP contribution < -0.4 is 0 Å². The molecule has 10 heteroatoms. The van der Waals surface area contributed by atoms with Gasteiger partial charge in [0.15, 0.2) is 6.10 Å². The minimum Gasteiger partial charge on any atom is -0.462 e. The van der Waals surface area contributed by atoms with Gasteiger partial charge in [0.1, 0.15) is 19.8 Å². The van der Waals surface area contributed by atoms with E-state index >= 15 is 0 Å². The third kappa shape index (κ3) is 45.1. The van der Waals surface area contributed by atoms with Gasteiger partial charge in [-0.05, 0) is 57.8 Å². The Labute approximate surface area is 362 Å². The second-order valence-corrected chi connectivity index (χ2v) is 18.2. The zero-order valence-electron chi connectivity index (χ0n) is 38.5. The van der Waals surface area contributed by atoms with Gasteiger partial charge in [-0.2, -0.15) is 0 Å². The Kier molecular flexibility index (Phi) is 39.5. The number of phosphoric ester groups is 1. The molecule has 0 aliphatic carbocycles. The van der Waals surface area contributed by atoms with Crippen molar-refractivity contribution in [3.8, 4) is 0 Å². The zero-order valence-corrected chi connectivity index (χ0v) is 39.4. The molecule has 0 spiro atoms. The number of carbonyl (C=O) groups excluding carboxylic acids is 2. The Bertz CT molecular complexity index is 1190. The number of unbranched alkanes of at least 4 members (excludes halogenated alkanes) is 18. The maximum Gasteiger partial charge on any atom is 0.472 e. The van der Waals surface area contributed by atoms with Gasteiger partial charge in [0, 0.05) is 12.8 Å². The zero-order chi connectivity index (χ0) is 43.6. The first kappa shape index (κ1) is 56.7. The smallest absolute Gasteiger partial charge is 0.462 e. The highest BCUT2D eigenvalue weighted by Crippen LogP contribution is 2.43. The largest absolute Gasteiger partial charge is 0.472 e. The number of likely N-dealkylation sites (N-methyl/N-ethyl adjacent to an activating group) is 1. The Balaban J connectivity index is 4.39. The first-order chi connectivity index (χ1) is 28.5. The van der Waals surface area contributed by atoms with Crippen LogP contribution in [0.15, 0.2) is 60.8 Å². The predicted octanol–water partition coefficient (Wildman–Crippen LogP) is 13.6. The van der Waals surface area contributed by atoms with E-state index in [-0.39, 0.29) is 32.0 Å². The summed E-state index contributed by atoms with van der Waals surface area (Å²) >= 11 is 0. The van der Waals surface area contributed by atoms with Crippen LogP contribution in [0.1, 0.15) is 187 Å². The summed E-state index contributed by atoms with van der Waals surface area (Å²) in [6.45, 7) is 4.28. The molecule has 342 valence electrons. The molecule has 2 atom stereocenters. The van der Waals surface area contributed by atoms with Crippen LogP contribution in [-0.4, -0.2) is 74.9 Å². The van der Waals surface area contributed by atoms with Crippen molar-refractivity contribution in [3.05, 3.63) is 60.8 Å². The highest BCUT2D eigenvalue weighted by Gasteiger charge is 2.27. The van der Waals surface area contributed by atoms with Crippen molar-refractivity contribution < 1.29 is 42.1 Å². The first-order valence-electron chi connectivity index (χ1n) is 23.5. The van der Waals surface area contributed by atoms with E-state index < -0.39 is 26.5 Å². The summed E-state index contributed by atoms with van der Waals surface area (Å²) in [4.78, 5) is 35.4. The lowest BCUT2D eigenvalue weighted by molar-refractivity contribution is -0.870. The number of hydrogen-bond acceptors (Lipinski definition) is 7. The van der Waals surface area contributed by atoms with Gasteiger partial charge in [-0.3, -0.25) is 18.6 Å². The van der Waals surface area contributed by atoms with E-state index in [1.54, 1.807) is 0 Å². The fourth-order valence-electron chi connectivity index (χ4n) is 6.16. The van der Waals surface area contributed by atoms with Crippen molar-refractivity contribution in [1.82, 2.24) is 0 Å². The molecule has 0 aromatic carbocycles. The quantitative estimate of drug-likeness (QED) is 0.0213. The minimum atomic E-state index is -4.39. The molecule has 0 bridgehead atoms. The SMILES string of the molecule is CC/C=C\C/C=C\C/C=C\C/C=C\C/C=C\CCCCCC(=O)OC(COC(=O)CCCCCCCCCCCCCCCCCC)COP(=O)(O)OCC[N+](C)(C)C. The first-order valence-corrected chi connectivity index (χ1v) is 25.0. The Morgan fingerprint density at radius 3 is 1.44 bits per heavy atom. The summed E-state index contributed by atoms with van der Waals surface area (Å²) in [6, 6.07) is 0. The standard InChI is InChI=1S/C49H88NO8P/c1-6-8-10-12-14-16-18-20-22-24-25-26-28-30-32-34-36-38-40-42-49(52)58-47(46-57-59(53,54)56-44-43-50(3,4)5)45-55-48(51)41-39-37-35-33-31-29-27-23-21-19-17-15-13-11-9-7-2/h8,10,14,16,20,22,25-26,30,32,47H,6-7,9,11-13,15,17-19,21,23-24,27-29,31,33-46H2,1-5H3/p+1/b10-8-,16-14-,22-20-,26-25-,32-30-. The molecule has 2 unspecified atom stereocenters. The van der Waals surface area contributed by atoms with Crippen LogP contribution in [0.2, 0.25) is 0 Å². The molecule has 0 aliphatic heterocycles. The second-order valence-electron chi connectivity index (χ2n) is 16.8. The van der Waals surface area contributed by atoms with Crippen LogP contribution in [-0.2, 0) is 32.7 Å². The number of phosphoric acid groups is 1. The van der Waals surface area contributed by atoms with Crippen LogP contribution in [0.5, 0.6) is 0 Å². The third-order valence-electron chi connectivity index (χ3n) is 9.81. The molecule has 0 fully saturated rings. The number of esters is 2. The summed E-state index contributed by atoms with van der Waals surface area (Å²) in [5, 5.41) is 0. The number of quaternary nitrogens is 1. The fraction of sp³-hybridized carbons (Fsp3) is 0.755. The van der Waals surface area contributed by atoms with Crippen molar-refractivity contribution in [2.45, 2.75) is 193 Å². The summed E-state index contributed by atoms with van der Waals surface area (Å²) in [7, 11) is 1.45. The molecule has 9 nitrogen and oxygen atoms in total. The maximum absolute atomic E-state index is 12.7. The number of ether oxygens (including phenoxy) is 2. The molecule has 0 aliphatic rings. The van der Waals surface area contributed by atoms with Gasteiger partial charge in [0.2, 0.25) is 0 Å². The highest BCUT2D eigenvalue weighted by atomic mass is 31.2. The van der Waals surface area contributed by atoms with Gasteiger partial charge in [-0.1, -0.05) is 177 Å². The molecule has 0 amide bonds. The average Bonchev–Trinajstić information content (AvgIpc) is 3.19. The fourth-order valence-corrected chi connectivity index (χ4v) is 6.90. The molecular formula is C49H89NO8P+. The van der Waals surface area contributed by atoms with E-state index in [2.05, 4.69) is 74.6 Å². The van der Waals surface area contributed by atoms with Crippen molar-refractivity contribution in [3.63, 3.8) is 0 Å². The Hall–Kier alpha value is -2.29. The van der Waals surface area contributed by atoms with Crippen molar-refractivity contribution >= 4 is 19.8 Å². The van der Waals surface area contributed by atoms with Gasteiger partial charge in [0.25, 0.3) is 0 Å². The number of allylic oxidation sites excluding steroid dienone is 10. The molecule has 0 rings (SSSR count). The Morgan fingerprint density at radius 1 is 0.542 bits per heavy atom. The van der Waals surface area contributed by atoms with Crippen molar-refractivity contribution in [1.29, 1.82) is 0 Å². The van der Waals surface area contributed by atoms with Crippen molar-refractivity contribution in [2.75, 3.05) is 47.5 Å². The summed E-state index contributed by atoms with van der Waals surface area (Å²) in [6.07, 6.45) is 49.8. The normalized spacial score (nSPS) is 14.1. The van der Waals surface area contributed by atoms with Gasteiger partial charge in [-0.25, -0.2) is 4.57 Å². The van der Waals surface area contributed by atoms with Crippen molar-refractivity contribution in [2.24, 2.45) is 0 Å². The topological polar surface area (TPSA) is 108 Å². The van der Waals surface area contributed by atoms with Gasteiger partial charge >= 0.3 is 19.8 Å². The second kappa shape index (κ2) is 41.1. The van der Waals surface area contributed by atoms with E-state index in [1.807, 2.05) is 21.1 Å². The van der Waals surface area contributed by atoms with Gasteiger partial charge < -0.3 is 18.9 Å². The van der Waals surface area contributed by atoms with Crippen LogP contribution in [0, 0.1) is 0 Å². The highest BCUT2D eigenvalue weighted by molar-refractivity contribution is 7.47. The van der Waals surface area contributed by atoms with E-state index in [0.717, 1.165) is 70.6 Å². The van der Waals surface area contributed by atoms with Gasteiger partial charge in [0.05, 0.1) is 27.7 Å². The number of hydrogen-bond donors (Lipinski definition) is 1. The maximum atomic E-state index is 12.7. The number of carbonyl (C=O) groups is 2. The molecule has 59 heavy (non-hydrogen) atoms. The van der Waals surface area contributed by atoms with E-state index in [4.69, 9.17) is 18.5 Å². The van der Waals surface area contributed by atoms with E-state index in [0.29, 0.717) is 17.4 Å². The monoisotopic (exact) mass is 851 g/mol.